The lowest BCUT2D eigenvalue weighted by molar-refractivity contribution is -0.139. The topological polar surface area (TPSA) is 87.5 Å². The van der Waals surface area contributed by atoms with Gasteiger partial charge in [0.1, 0.15) is 6.04 Å². The van der Waals surface area contributed by atoms with Gasteiger partial charge in [0.25, 0.3) is 0 Å². The van der Waals surface area contributed by atoms with Crippen molar-refractivity contribution >= 4 is 23.7 Å². The summed E-state index contributed by atoms with van der Waals surface area (Å²) in [7, 11) is 0. The fourth-order valence-electron chi connectivity index (χ4n) is 3.69. The molecule has 0 saturated heterocycles. The van der Waals surface area contributed by atoms with Gasteiger partial charge in [-0.05, 0) is 51.3 Å². The standard InChI is InChI=1S/C25H36N4O4S/c1-6-10-14-33-19-13-12-18(16-20(19)31-8-3)22-21(23(30)32-9-4)17(5)26-24-27-25(28-29(22)24)34-15-11-7-2/h12-13,16,22H,6-11,14-15H2,1-5H3,(H,26,27,28). The molecule has 1 atom stereocenters. The number of esters is 1. The fourth-order valence-corrected chi connectivity index (χ4v) is 4.60. The predicted molar refractivity (Wildman–Crippen MR) is 135 cm³/mol. The average Bonchev–Trinajstić information content (AvgIpc) is 3.22. The summed E-state index contributed by atoms with van der Waals surface area (Å²) in [5.41, 5.74) is 2.06. The van der Waals surface area contributed by atoms with E-state index in [-0.39, 0.29) is 5.97 Å². The molecule has 0 spiro atoms. The maximum absolute atomic E-state index is 13.0. The summed E-state index contributed by atoms with van der Waals surface area (Å²) >= 11 is 1.62. The third kappa shape index (κ3) is 6.05. The number of carbonyl (C=O) groups is 1. The largest absolute Gasteiger partial charge is 0.490 e. The molecule has 1 N–H and O–H groups in total. The van der Waals surface area contributed by atoms with E-state index in [4.69, 9.17) is 19.3 Å². The average molecular weight is 489 g/mol. The number of nitrogens with one attached hydrogen (secondary N) is 1. The van der Waals surface area contributed by atoms with Gasteiger partial charge in [0, 0.05) is 11.4 Å². The van der Waals surface area contributed by atoms with Gasteiger partial charge in [-0.15, -0.1) is 5.10 Å². The van der Waals surface area contributed by atoms with E-state index in [0.717, 1.165) is 37.0 Å². The maximum Gasteiger partial charge on any atom is 0.338 e. The molecule has 1 unspecified atom stereocenters. The van der Waals surface area contributed by atoms with E-state index in [9.17, 15) is 4.79 Å². The normalized spacial score (nSPS) is 15.0. The van der Waals surface area contributed by atoms with Crippen LogP contribution in [0.5, 0.6) is 11.5 Å². The molecular weight excluding hydrogens is 452 g/mol. The molecule has 0 radical (unpaired) electrons. The number of thioether (sulfide) groups is 1. The first kappa shape index (κ1) is 25.9. The van der Waals surface area contributed by atoms with Crippen molar-refractivity contribution in [3.05, 3.63) is 35.0 Å². The van der Waals surface area contributed by atoms with Crippen LogP contribution in [0.3, 0.4) is 0 Å². The highest BCUT2D eigenvalue weighted by Crippen LogP contribution is 2.40. The highest BCUT2D eigenvalue weighted by atomic mass is 32.2. The van der Waals surface area contributed by atoms with Crippen molar-refractivity contribution in [3.63, 3.8) is 0 Å². The Morgan fingerprint density at radius 1 is 1.09 bits per heavy atom. The number of ether oxygens (including phenoxy) is 3. The second-order valence-electron chi connectivity index (χ2n) is 7.99. The molecule has 1 aromatic carbocycles. The number of hydrogen-bond donors (Lipinski definition) is 1. The number of aromatic nitrogens is 3. The first-order chi connectivity index (χ1) is 16.5. The van der Waals surface area contributed by atoms with Gasteiger partial charge in [0.05, 0.1) is 25.4 Å². The molecule has 0 fully saturated rings. The van der Waals surface area contributed by atoms with E-state index in [1.807, 2.05) is 32.0 Å². The van der Waals surface area contributed by atoms with Crippen molar-refractivity contribution in [2.75, 3.05) is 30.9 Å². The highest BCUT2D eigenvalue weighted by Gasteiger charge is 2.35. The van der Waals surface area contributed by atoms with Crippen LogP contribution in [0.25, 0.3) is 0 Å². The van der Waals surface area contributed by atoms with Crippen molar-refractivity contribution in [3.8, 4) is 11.5 Å². The molecule has 1 aromatic heterocycles. The van der Waals surface area contributed by atoms with Gasteiger partial charge >= 0.3 is 5.97 Å². The minimum atomic E-state index is -0.493. The summed E-state index contributed by atoms with van der Waals surface area (Å²) in [4.78, 5) is 17.7. The Labute approximate surface area is 206 Å². The Kier molecular flexibility index (Phi) is 9.68. The summed E-state index contributed by atoms with van der Waals surface area (Å²) in [5, 5.41) is 8.69. The number of allylic oxidation sites excluding steroid dienone is 1. The number of rotatable bonds is 13. The molecule has 9 heteroatoms. The van der Waals surface area contributed by atoms with Gasteiger partial charge in [-0.1, -0.05) is 44.5 Å². The summed E-state index contributed by atoms with van der Waals surface area (Å²) in [6, 6.07) is 5.31. The van der Waals surface area contributed by atoms with Crippen LogP contribution in [-0.2, 0) is 9.53 Å². The smallest absolute Gasteiger partial charge is 0.338 e. The number of hydrogen-bond acceptors (Lipinski definition) is 8. The summed E-state index contributed by atoms with van der Waals surface area (Å²) in [5.74, 6) is 2.52. The van der Waals surface area contributed by atoms with Gasteiger partial charge in [-0.3, -0.25) is 0 Å². The zero-order chi connectivity index (χ0) is 24.5. The molecule has 0 aliphatic carbocycles. The van der Waals surface area contributed by atoms with Gasteiger partial charge < -0.3 is 19.5 Å². The van der Waals surface area contributed by atoms with E-state index in [1.165, 1.54) is 0 Å². The minimum Gasteiger partial charge on any atom is -0.490 e. The van der Waals surface area contributed by atoms with Gasteiger partial charge in [0.15, 0.2) is 11.5 Å². The molecule has 0 bridgehead atoms. The first-order valence-electron chi connectivity index (χ1n) is 12.2. The molecule has 0 saturated carbocycles. The van der Waals surface area contributed by atoms with Crippen LogP contribution in [0.1, 0.15) is 71.9 Å². The molecule has 1 aliphatic rings. The molecule has 2 aromatic rings. The third-order valence-electron chi connectivity index (χ3n) is 5.40. The molecule has 8 nitrogen and oxygen atoms in total. The van der Waals surface area contributed by atoms with Crippen molar-refractivity contribution in [1.82, 2.24) is 14.8 Å². The molecule has 1 aliphatic heterocycles. The van der Waals surface area contributed by atoms with Crippen LogP contribution < -0.4 is 14.8 Å². The minimum absolute atomic E-state index is 0.291. The van der Waals surface area contributed by atoms with E-state index in [0.29, 0.717) is 53.7 Å². The predicted octanol–water partition coefficient (Wildman–Crippen LogP) is 5.60. The lowest BCUT2D eigenvalue weighted by Crippen LogP contribution is -2.29. The Morgan fingerprint density at radius 3 is 2.59 bits per heavy atom. The Bertz CT molecular complexity index is 1000. The molecule has 3 rings (SSSR count). The van der Waals surface area contributed by atoms with E-state index in [1.54, 1.807) is 23.4 Å². The SMILES string of the molecule is CCCCOc1ccc(C2C(C(=O)OCC)=C(C)Nc3nc(SCCCC)nn32)cc1OCC. The molecule has 186 valence electrons. The summed E-state index contributed by atoms with van der Waals surface area (Å²) in [6.45, 7) is 11.3. The monoisotopic (exact) mass is 488 g/mol. The molecule has 34 heavy (non-hydrogen) atoms. The Balaban J connectivity index is 2.04. The van der Waals surface area contributed by atoms with Crippen LogP contribution in [0.15, 0.2) is 34.6 Å². The number of anilines is 1. The lowest BCUT2D eigenvalue weighted by atomic mass is 9.95. The molecule has 2 heterocycles. The van der Waals surface area contributed by atoms with Crippen LogP contribution in [0.4, 0.5) is 5.95 Å². The Morgan fingerprint density at radius 2 is 1.88 bits per heavy atom. The van der Waals surface area contributed by atoms with Crippen LogP contribution >= 0.6 is 11.8 Å². The van der Waals surface area contributed by atoms with Gasteiger partial charge in [0.2, 0.25) is 11.1 Å². The van der Waals surface area contributed by atoms with Crippen molar-refractivity contribution < 1.29 is 19.0 Å². The van der Waals surface area contributed by atoms with Crippen molar-refractivity contribution in [1.29, 1.82) is 0 Å². The van der Waals surface area contributed by atoms with Crippen LogP contribution in [-0.4, -0.2) is 46.3 Å². The lowest BCUT2D eigenvalue weighted by Gasteiger charge is -2.28. The zero-order valence-corrected chi connectivity index (χ0v) is 21.7. The maximum atomic E-state index is 13.0. The number of fused-ring (bicyclic) bond motifs is 1. The van der Waals surface area contributed by atoms with Gasteiger partial charge in [-0.2, -0.15) is 4.98 Å². The van der Waals surface area contributed by atoms with Gasteiger partial charge in [-0.25, -0.2) is 9.48 Å². The quantitative estimate of drug-likeness (QED) is 0.221. The number of benzene rings is 1. The number of nitrogens with zero attached hydrogens (tertiary/aromatic N) is 3. The van der Waals surface area contributed by atoms with E-state index >= 15 is 0 Å². The number of unbranched alkanes of at least 4 members (excludes halogenated alkanes) is 2. The van der Waals surface area contributed by atoms with Crippen molar-refractivity contribution in [2.45, 2.75) is 71.5 Å². The molecular formula is C25H36N4O4S. The highest BCUT2D eigenvalue weighted by molar-refractivity contribution is 7.99. The third-order valence-corrected chi connectivity index (χ3v) is 6.32. The van der Waals surface area contributed by atoms with Crippen LogP contribution in [0.2, 0.25) is 0 Å². The second kappa shape index (κ2) is 12.7. The van der Waals surface area contributed by atoms with Crippen LogP contribution in [0, 0.1) is 0 Å². The molecule has 0 amide bonds. The number of carbonyl (C=O) groups excluding carboxylic acids is 1. The first-order valence-corrected chi connectivity index (χ1v) is 13.2. The summed E-state index contributed by atoms with van der Waals surface area (Å²) < 4.78 is 19.0. The van der Waals surface area contributed by atoms with E-state index < -0.39 is 6.04 Å². The Hall–Kier alpha value is -2.68. The van der Waals surface area contributed by atoms with Crippen molar-refractivity contribution in [2.24, 2.45) is 0 Å². The second-order valence-corrected chi connectivity index (χ2v) is 9.05. The summed E-state index contributed by atoms with van der Waals surface area (Å²) in [6.07, 6.45) is 4.23. The van der Waals surface area contributed by atoms with E-state index in [2.05, 4.69) is 24.1 Å². The fraction of sp³-hybridized carbons (Fsp3) is 0.560. The zero-order valence-electron chi connectivity index (χ0n) is 20.8.